The maximum absolute atomic E-state index is 13.2. The van der Waals surface area contributed by atoms with Crippen molar-refractivity contribution in [2.24, 2.45) is 0 Å². The average molecular weight is 434 g/mol. The van der Waals surface area contributed by atoms with Gasteiger partial charge in [0, 0.05) is 24.5 Å². The Morgan fingerprint density at radius 2 is 2.03 bits per heavy atom. The molecule has 0 bridgehead atoms. The van der Waals surface area contributed by atoms with Crippen LogP contribution in [0.2, 0.25) is 0 Å². The van der Waals surface area contributed by atoms with E-state index in [9.17, 15) is 14.0 Å². The molecule has 2 heterocycles. The highest BCUT2D eigenvalue weighted by Crippen LogP contribution is 2.34. The third-order valence-electron chi connectivity index (χ3n) is 5.07. The Kier molecular flexibility index (Phi) is 7.68. The molecule has 1 N–H and O–H groups in total. The summed E-state index contributed by atoms with van der Waals surface area (Å²) in [6.07, 6.45) is 1.57. The van der Waals surface area contributed by atoms with Gasteiger partial charge in [0.25, 0.3) is 0 Å². The predicted octanol–water partition coefficient (Wildman–Crippen LogP) is 3.83. The van der Waals surface area contributed by atoms with E-state index in [4.69, 9.17) is 4.74 Å². The Morgan fingerprint density at radius 3 is 2.73 bits per heavy atom. The smallest absolute Gasteiger partial charge is 0.317 e. The fraction of sp³-hybridized carbons (Fsp3) is 0.455. The zero-order chi connectivity index (χ0) is 21.5. The number of ether oxygens (including phenoxy) is 1. The Morgan fingerprint density at radius 1 is 1.27 bits per heavy atom. The van der Waals surface area contributed by atoms with Crippen molar-refractivity contribution >= 4 is 23.3 Å². The zero-order valence-electron chi connectivity index (χ0n) is 17.4. The second-order valence-corrected chi connectivity index (χ2v) is 8.17. The molecule has 0 saturated heterocycles. The number of amides is 3. The molecule has 0 unspecified atom stereocenters. The molecule has 2 aromatic rings. The number of halogens is 1. The van der Waals surface area contributed by atoms with Crippen molar-refractivity contribution in [3.05, 3.63) is 52.0 Å². The van der Waals surface area contributed by atoms with Gasteiger partial charge in [-0.15, -0.1) is 11.3 Å². The lowest BCUT2D eigenvalue weighted by atomic mass is 10.0. The SMILES string of the molecule is CCCN(CC(=O)N1CCc2sccc2[C@H]1COc1ccc(F)cc1)C(=O)NCC. The predicted molar refractivity (Wildman–Crippen MR) is 115 cm³/mol. The second kappa shape index (κ2) is 10.4. The highest BCUT2D eigenvalue weighted by molar-refractivity contribution is 7.10. The van der Waals surface area contributed by atoms with Gasteiger partial charge in [0.1, 0.15) is 24.7 Å². The van der Waals surface area contributed by atoms with E-state index in [0.29, 0.717) is 25.4 Å². The van der Waals surface area contributed by atoms with Crippen LogP contribution in [0.3, 0.4) is 0 Å². The van der Waals surface area contributed by atoms with E-state index < -0.39 is 0 Å². The van der Waals surface area contributed by atoms with E-state index in [0.717, 1.165) is 18.4 Å². The molecule has 8 heteroatoms. The molecule has 0 fully saturated rings. The minimum absolute atomic E-state index is 0.0339. The first-order valence-corrected chi connectivity index (χ1v) is 11.2. The topological polar surface area (TPSA) is 61.9 Å². The molecule has 6 nitrogen and oxygen atoms in total. The van der Waals surface area contributed by atoms with Crippen LogP contribution in [-0.4, -0.2) is 54.5 Å². The minimum atomic E-state index is -0.321. The third-order valence-corrected chi connectivity index (χ3v) is 6.07. The van der Waals surface area contributed by atoms with Gasteiger partial charge in [-0.25, -0.2) is 9.18 Å². The van der Waals surface area contributed by atoms with Crippen LogP contribution in [0.1, 0.15) is 36.8 Å². The number of carbonyl (C=O) groups excluding carboxylic acids is 2. The molecule has 0 saturated carbocycles. The highest BCUT2D eigenvalue weighted by atomic mass is 32.1. The van der Waals surface area contributed by atoms with Crippen LogP contribution in [0.15, 0.2) is 35.7 Å². The van der Waals surface area contributed by atoms with Crippen LogP contribution in [0.5, 0.6) is 5.75 Å². The van der Waals surface area contributed by atoms with Gasteiger partial charge in [0.05, 0.1) is 6.04 Å². The number of rotatable bonds is 8. The summed E-state index contributed by atoms with van der Waals surface area (Å²) in [5, 5.41) is 4.80. The van der Waals surface area contributed by atoms with Gasteiger partial charge in [-0.3, -0.25) is 4.79 Å². The summed E-state index contributed by atoms with van der Waals surface area (Å²) in [5.74, 6) is 0.138. The Balaban J connectivity index is 1.74. The van der Waals surface area contributed by atoms with Gasteiger partial charge in [-0.05, 0) is 61.0 Å². The first-order valence-electron chi connectivity index (χ1n) is 10.3. The van der Waals surface area contributed by atoms with Crippen molar-refractivity contribution in [3.8, 4) is 5.75 Å². The number of fused-ring (bicyclic) bond motifs is 1. The molecule has 1 aromatic heterocycles. The highest BCUT2D eigenvalue weighted by Gasteiger charge is 2.33. The fourth-order valence-electron chi connectivity index (χ4n) is 3.62. The van der Waals surface area contributed by atoms with Crippen LogP contribution >= 0.6 is 11.3 Å². The summed E-state index contributed by atoms with van der Waals surface area (Å²) in [7, 11) is 0. The molecule has 162 valence electrons. The summed E-state index contributed by atoms with van der Waals surface area (Å²) >= 11 is 1.68. The van der Waals surface area contributed by atoms with Gasteiger partial charge < -0.3 is 19.9 Å². The maximum atomic E-state index is 13.2. The minimum Gasteiger partial charge on any atom is -0.491 e. The largest absolute Gasteiger partial charge is 0.491 e. The van der Waals surface area contributed by atoms with Gasteiger partial charge in [-0.1, -0.05) is 6.92 Å². The van der Waals surface area contributed by atoms with E-state index in [1.807, 2.05) is 25.3 Å². The van der Waals surface area contributed by atoms with E-state index >= 15 is 0 Å². The molecule has 1 aliphatic rings. The van der Waals surface area contributed by atoms with Crippen molar-refractivity contribution in [3.63, 3.8) is 0 Å². The molecule has 30 heavy (non-hydrogen) atoms. The van der Waals surface area contributed by atoms with Crippen LogP contribution in [0.4, 0.5) is 9.18 Å². The third kappa shape index (κ3) is 5.30. The molecule has 1 aromatic carbocycles. The number of hydrogen-bond donors (Lipinski definition) is 1. The summed E-state index contributed by atoms with van der Waals surface area (Å²) in [6, 6.07) is 7.43. The van der Waals surface area contributed by atoms with E-state index in [1.54, 1.807) is 33.3 Å². The molecular weight excluding hydrogens is 405 g/mol. The quantitative estimate of drug-likeness (QED) is 0.688. The zero-order valence-corrected chi connectivity index (χ0v) is 18.2. The van der Waals surface area contributed by atoms with Crippen molar-refractivity contribution < 1.29 is 18.7 Å². The normalized spacial score (nSPS) is 15.4. The Hall–Kier alpha value is -2.61. The van der Waals surface area contributed by atoms with Crippen molar-refractivity contribution in [2.75, 3.05) is 32.8 Å². The molecule has 3 rings (SSSR count). The lowest BCUT2D eigenvalue weighted by Gasteiger charge is -2.37. The Labute approximate surface area is 180 Å². The molecule has 3 amide bonds. The van der Waals surface area contributed by atoms with Gasteiger partial charge in [-0.2, -0.15) is 0 Å². The number of benzene rings is 1. The molecule has 0 aliphatic carbocycles. The second-order valence-electron chi connectivity index (χ2n) is 7.17. The van der Waals surface area contributed by atoms with Gasteiger partial charge in [0.2, 0.25) is 5.91 Å². The summed E-state index contributed by atoms with van der Waals surface area (Å²) < 4.78 is 19.1. The van der Waals surface area contributed by atoms with Crippen LogP contribution < -0.4 is 10.1 Å². The number of nitrogens with one attached hydrogen (secondary N) is 1. The first-order chi connectivity index (χ1) is 14.5. The molecule has 0 radical (unpaired) electrons. The van der Waals surface area contributed by atoms with Gasteiger partial charge in [0.15, 0.2) is 0 Å². The average Bonchev–Trinajstić information content (AvgIpc) is 3.22. The van der Waals surface area contributed by atoms with Crippen molar-refractivity contribution in [1.29, 1.82) is 0 Å². The van der Waals surface area contributed by atoms with E-state index in [2.05, 4.69) is 5.32 Å². The van der Waals surface area contributed by atoms with Gasteiger partial charge >= 0.3 is 6.03 Å². The van der Waals surface area contributed by atoms with Crippen molar-refractivity contribution in [1.82, 2.24) is 15.1 Å². The van der Waals surface area contributed by atoms with Crippen molar-refractivity contribution in [2.45, 2.75) is 32.7 Å². The number of nitrogens with zero attached hydrogens (tertiary/aromatic N) is 2. The lowest BCUT2D eigenvalue weighted by molar-refractivity contribution is -0.135. The fourth-order valence-corrected chi connectivity index (χ4v) is 4.55. The number of carbonyl (C=O) groups is 2. The van der Waals surface area contributed by atoms with E-state index in [-0.39, 0.29) is 36.9 Å². The first kappa shape index (κ1) is 22.1. The Bertz CT molecular complexity index is 856. The van der Waals surface area contributed by atoms with Crippen LogP contribution in [0.25, 0.3) is 0 Å². The number of urea groups is 1. The summed E-state index contributed by atoms with van der Waals surface area (Å²) in [4.78, 5) is 30.1. The monoisotopic (exact) mass is 433 g/mol. The number of hydrogen-bond acceptors (Lipinski definition) is 4. The molecule has 1 aliphatic heterocycles. The lowest BCUT2D eigenvalue weighted by Crippen LogP contribution is -2.50. The van der Waals surface area contributed by atoms with Crippen LogP contribution in [0, 0.1) is 5.82 Å². The maximum Gasteiger partial charge on any atom is 0.317 e. The molecule has 1 atom stereocenters. The van der Waals surface area contributed by atoms with Crippen LogP contribution in [-0.2, 0) is 11.2 Å². The standard InChI is InChI=1S/C22H28FN3O3S/c1-3-11-25(22(28)24-4-2)14-21(27)26-12-9-20-18(10-13-30-20)19(26)15-29-17-7-5-16(23)6-8-17/h5-8,10,13,19H,3-4,9,11-12,14-15H2,1-2H3,(H,24,28)/t19-/m1/s1. The summed E-state index contributed by atoms with van der Waals surface area (Å²) in [5.41, 5.74) is 1.08. The summed E-state index contributed by atoms with van der Waals surface area (Å²) in [6.45, 7) is 5.76. The molecule has 0 spiro atoms. The van der Waals surface area contributed by atoms with E-state index in [1.165, 1.54) is 17.0 Å². The number of thiophene rings is 1. The molecular formula is C22H28FN3O3S.